The van der Waals surface area contributed by atoms with E-state index in [2.05, 4.69) is 21.8 Å². The number of nitrogens with two attached hydrogens (primary N) is 1. The summed E-state index contributed by atoms with van der Waals surface area (Å²) < 4.78 is 13.2. The summed E-state index contributed by atoms with van der Waals surface area (Å²) in [5.41, 5.74) is 8.08. The van der Waals surface area contributed by atoms with Gasteiger partial charge in [0.25, 0.3) is 0 Å². The number of benzene rings is 1. The van der Waals surface area contributed by atoms with Crippen molar-refractivity contribution in [1.82, 2.24) is 9.88 Å². The number of piperidine rings is 1. The minimum atomic E-state index is -0.220. The number of aliphatic imine (C=N–C) groups is 1. The quantitative estimate of drug-likeness (QED) is 0.445. The zero-order chi connectivity index (χ0) is 15.5. The van der Waals surface area contributed by atoms with Gasteiger partial charge in [0.05, 0.1) is 0 Å². The van der Waals surface area contributed by atoms with Crippen LogP contribution >= 0.6 is 24.0 Å². The first-order valence-corrected chi connectivity index (χ1v) is 7.94. The van der Waals surface area contributed by atoms with Crippen molar-refractivity contribution in [3.8, 4) is 0 Å². The van der Waals surface area contributed by atoms with Crippen LogP contribution in [-0.2, 0) is 6.42 Å². The molecule has 0 aliphatic carbocycles. The lowest BCUT2D eigenvalue weighted by Gasteiger charge is -2.31. The molecule has 6 heteroatoms. The number of nitrogens with zero attached hydrogens (tertiary/aromatic N) is 2. The topological polar surface area (TPSA) is 57.4 Å². The molecule has 1 saturated heterocycles. The standard InChI is InChI=1S/C17H23FN4.HI/c1-12-3-2-8-22(11-12)17(19)20-7-6-13-10-21-16-9-14(18)4-5-15(13)16;/h4-5,9-10,12,21H,2-3,6-8,11H2,1H3,(H2,19,20);1H. The number of hydrogen-bond donors (Lipinski definition) is 2. The molecule has 0 saturated carbocycles. The van der Waals surface area contributed by atoms with E-state index in [4.69, 9.17) is 5.73 Å². The highest BCUT2D eigenvalue weighted by Gasteiger charge is 2.17. The van der Waals surface area contributed by atoms with Crippen LogP contribution in [0.1, 0.15) is 25.3 Å². The number of fused-ring (bicyclic) bond motifs is 1. The fourth-order valence-corrected chi connectivity index (χ4v) is 3.15. The molecule has 1 aromatic carbocycles. The second-order valence-corrected chi connectivity index (χ2v) is 6.19. The summed E-state index contributed by atoms with van der Waals surface area (Å²) in [6, 6.07) is 4.83. The van der Waals surface area contributed by atoms with Crippen molar-refractivity contribution >= 4 is 40.8 Å². The molecule has 0 bridgehead atoms. The molecule has 2 heterocycles. The maximum atomic E-state index is 13.2. The molecule has 126 valence electrons. The van der Waals surface area contributed by atoms with Gasteiger partial charge in [-0.2, -0.15) is 0 Å². The van der Waals surface area contributed by atoms with E-state index in [0.29, 0.717) is 18.4 Å². The molecule has 3 rings (SSSR count). The maximum absolute atomic E-state index is 13.2. The Morgan fingerprint density at radius 2 is 2.30 bits per heavy atom. The Morgan fingerprint density at radius 3 is 3.09 bits per heavy atom. The van der Waals surface area contributed by atoms with E-state index in [-0.39, 0.29) is 29.8 Å². The van der Waals surface area contributed by atoms with Gasteiger partial charge in [0, 0.05) is 36.7 Å². The van der Waals surface area contributed by atoms with Crippen LogP contribution in [0.3, 0.4) is 0 Å². The molecule has 3 N–H and O–H groups in total. The van der Waals surface area contributed by atoms with Crippen molar-refractivity contribution in [1.29, 1.82) is 0 Å². The summed E-state index contributed by atoms with van der Waals surface area (Å²) in [7, 11) is 0. The van der Waals surface area contributed by atoms with Crippen molar-refractivity contribution in [3.63, 3.8) is 0 Å². The summed E-state index contributed by atoms with van der Waals surface area (Å²) >= 11 is 0. The van der Waals surface area contributed by atoms with Crippen molar-refractivity contribution in [3.05, 3.63) is 35.8 Å². The molecule has 1 aliphatic rings. The third-order valence-electron chi connectivity index (χ3n) is 4.37. The van der Waals surface area contributed by atoms with Gasteiger partial charge in [-0.25, -0.2) is 4.39 Å². The van der Waals surface area contributed by atoms with Gasteiger partial charge in [0.15, 0.2) is 5.96 Å². The van der Waals surface area contributed by atoms with E-state index >= 15 is 0 Å². The predicted molar refractivity (Wildman–Crippen MR) is 104 cm³/mol. The van der Waals surface area contributed by atoms with Gasteiger partial charge in [-0.05, 0) is 48.9 Å². The van der Waals surface area contributed by atoms with Gasteiger partial charge in [0.1, 0.15) is 5.82 Å². The molecule has 1 aromatic heterocycles. The minimum absolute atomic E-state index is 0. The molecule has 1 fully saturated rings. The van der Waals surface area contributed by atoms with Crippen LogP contribution in [0.4, 0.5) is 4.39 Å². The average Bonchev–Trinajstić information content (AvgIpc) is 2.89. The number of halogens is 2. The van der Waals surface area contributed by atoms with E-state index in [1.165, 1.54) is 25.0 Å². The van der Waals surface area contributed by atoms with Crippen LogP contribution in [0.25, 0.3) is 10.9 Å². The Bertz CT molecular complexity index is 682. The van der Waals surface area contributed by atoms with Crippen LogP contribution in [0, 0.1) is 11.7 Å². The Morgan fingerprint density at radius 1 is 1.48 bits per heavy atom. The average molecular weight is 430 g/mol. The number of likely N-dealkylation sites (tertiary alicyclic amines) is 1. The molecule has 2 aromatic rings. The van der Waals surface area contributed by atoms with Gasteiger partial charge in [-0.1, -0.05) is 6.92 Å². The maximum Gasteiger partial charge on any atom is 0.191 e. The SMILES string of the molecule is CC1CCCN(C(N)=NCCc2c[nH]c3cc(F)ccc23)C1.I. The Hall–Kier alpha value is -1.31. The van der Waals surface area contributed by atoms with Gasteiger partial charge < -0.3 is 15.6 Å². The highest BCUT2D eigenvalue weighted by atomic mass is 127. The Labute approximate surface area is 153 Å². The zero-order valence-corrected chi connectivity index (χ0v) is 15.7. The molecule has 4 nitrogen and oxygen atoms in total. The van der Waals surface area contributed by atoms with Crippen LogP contribution in [0.5, 0.6) is 0 Å². The second kappa shape index (κ2) is 7.99. The van der Waals surface area contributed by atoms with Gasteiger partial charge in [-0.3, -0.25) is 4.99 Å². The van der Waals surface area contributed by atoms with Gasteiger partial charge in [0.2, 0.25) is 0 Å². The molecule has 23 heavy (non-hydrogen) atoms. The molecule has 1 unspecified atom stereocenters. The van der Waals surface area contributed by atoms with Crippen molar-refractivity contribution in [2.24, 2.45) is 16.6 Å². The number of guanidine groups is 1. The lowest BCUT2D eigenvalue weighted by molar-refractivity contribution is 0.270. The van der Waals surface area contributed by atoms with Crippen LogP contribution < -0.4 is 5.73 Å². The Kier molecular flexibility index (Phi) is 6.26. The second-order valence-electron chi connectivity index (χ2n) is 6.19. The number of hydrogen-bond acceptors (Lipinski definition) is 1. The summed E-state index contributed by atoms with van der Waals surface area (Å²) in [4.78, 5) is 9.80. The van der Waals surface area contributed by atoms with Crippen LogP contribution in [0.15, 0.2) is 29.4 Å². The summed E-state index contributed by atoms with van der Waals surface area (Å²) in [6.45, 7) is 4.92. The third-order valence-corrected chi connectivity index (χ3v) is 4.37. The monoisotopic (exact) mass is 430 g/mol. The van der Waals surface area contributed by atoms with Crippen molar-refractivity contribution in [2.75, 3.05) is 19.6 Å². The molecule has 1 aliphatic heterocycles. The van der Waals surface area contributed by atoms with E-state index in [1.807, 2.05) is 12.3 Å². The zero-order valence-electron chi connectivity index (χ0n) is 13.4. The lowest BCUT2D eigenvalue weighted by Crippen LogP contribution is -2.43. The van der Waals surface area contributed by atoms with Crippen molar-refractivity contribution < 1.29 is 4.39 Å². The van der Waals surface area contributed by atoms with Crippen LogP contribution in [0.2, 0.25) is 0 Å². The Balaban J connectivity index is 0.00000192. The molecule has 0 radical (unpaired) electrons. The van der Waals surface area contributed by atoms with E-state index in [0.717, 1.165) is 36.0 Å². The first kappa shape index (κ1) is 18.0. The molecule has 1 atom stereocenters. The fourth-order valence-electron chi connectivity index (χ4n) is 3.15. The minimum Gasteiger partial charge on any atom is -0.370 e. The summed E-state index contributed by atoms with van der Waals surface area (Å²) in [6.07, 6.45) is 5.19. The smallest absolute Gasteiger partial charge is 0.191 e. The van der Waals surface area contributed by atoms with E-state index < -0.39 is 0 Å². The van der Waals surface area contributed by atoms with Crippen molar-refractivity contribution in [2.45, 2.75) is 26.2 Å². The first-order valence-electron chi connectivity index (χ1n) is 7.94. The van der Waals surface area contributed by atoms with Gasteiger partial charge in [-0.15, -0.1) is 24.0 Å². The predicted octanol–water partition coefficient (Wildman–Crippen LogP) is 3.51. The number of H-pyrrole nitrogens is 1. The molecule has 0 spiro atoms. The van der Waals surface area contributed by atoms with Crippen LogP contribution in [-0.4, -0.2) is 35.5 Å². The summed E-state index contributed by atoms with van der Waals surface area (Å²) in [5.74, 6) is 1.12. The number of rotatable bonds is 3. The van der Waals surface area contributed by atoms with E-state index in [1.54, 1.807) is 0 Å². The highest BCUT2D eigenvalue weighted by Crippen LogP contribution is 2.20. The fraction of sp³-hybridized carbons (Fsp3) is 0.471. The number of aromatic nitrogens is 1. The first-order chi connectivity index (χ1) is 10.6. The largest absolute Gasteiger partial charge is 0.370 e. The third kappa shape index (κ3) is 4.37. The molecular formula is C17H24FIN4. The van der Waals surface area contributed by atoms with E-state index in [9.17, 15) is 4.39 Å². The number of aromatic amines is 1. The lowest BCUT2D eigenvalue weighted by atomic mass is 10.0. The van der Waals surface area contributed by atoms with Gasteiger partial charge >= 0.3 is 0 Å². The molecule has 0 amide bonds. The number of nitrogens with one attached hydrogen (secondary N) is 1. The normalized spacial score (nSPS) is 19.0. The summed E-state index contributed by atoms with van der Waals surface area (Å²) in [5, 5.41) is 1.06. The highest BCUT2D eigenvalue weighted by molar-refractivity contribution is 14.0. The molecular weight excluding hydrogens is 406 g/mol.